The van der Waals surface area contributed by atoms with Crippen LogP contribution in [0.3, 0.4) is 0 Å². The lowest BCUT2D eigenvalue weighted by molar-refractivity contribution is -0.176. The topological polar surface area (TPSA) is 38.7 Å². The first kappa shape index (κ1) is 7.21. The average molecular weight is 148 g/mol. The summed E-state index contributed by atoms with van der Waals surface area (Å²) in [6.45, 7) is 4.23. The highest BCUT2D eigenvalue weighted by Gasteiger charge is 2.28. The normalized spacial score (nSPS) is 27.7. The molecule has 0 radical (unpaired) electrons. The van der Waals surface area contributed by atoms with Crippen molar-refractivity contribution >= 4 is 8.56 Å². The molecule has 1 unspecified atom stereocenters. The third-order valence-corrected chi connectivity index (χ3v) is 1.92. The van der Waals surface area contributed by atoms with E-state index in [0.29, 0.717) is 0 Å². The Balaban J connectivity index is 2.16. The van der Waals surface area contributed by atoms with E-state index in [1.807, 2.05) is 0 Å². The van der Waals surface area contributed by atoms with Crippen LogP contribution in [0.15, 0.2) is 0 Å². The molecule has 1 aliphatic heterocycles. The summed E-state index contributed by atoms with van der Waals surface area (Å²) < 4.78 is 10.1. The summed E-state index contributed by atoms with van der Waals surface area (Å²) in [5.74, 6) is 0. The van der Waals surface area contributed by atoms with Gasteiger partial charge in [0.25, 0.3) is 0 Å². The Labute approximate surface area is 55.8 Å². The quantitative estimate of drug-likeness (QED) is 0.578. The van der Waals surface area contributed by atoms with Crippen molar-refractivity contribution in [2.45, 2.75) is 25.8 Å². The van der Waals surface area contributed by atoms with Crippen molar-refractivity contribution in [3.05, 3.63) is 0 Å². The predicted molar refractivity (Wildman–Crippen MR) is 35.1 cm³/mol. The van der Waals surface area contributed by atoms with Crippen molar-refractivity contribution in [1.29, 1.82) is 0 Å². The van der Waals surface area contributed by atoms with Crippen molar-refractivity contribution < 1.29 is 14.0 Å². The third kappa shape index (κ3) is 2.44. The molecule has 1 fully saturated rings. The molecule has 1 aliphatic rings. The van der Waals surface area contributed by atoms with Gasteiger partial charge in [-0.25, -0.2) is 0 Å². The Morgan fingerprint density at radius 2 is 2.22 bits per heavy atom. The molecular weight excluding hydrogens is 136 g/mol. The molecule has 1 N–H and O–H groups in total. The number of hydrogen-bond acceptors (Lipinski definition) is 3. The van der Waals surface area contributed by atoms with Crippen LogP contribution in [-0.4, -0.2) is 26.3 Å². The molecule has 0 amide bonds. The molecule has 9 heavy (non-hydrogen) atoms. The summed E-state index contributed by atoms with van der Waals surface area (Å²) in [5, 5.41) is 0. The van der Waals surface area contributed by atoms with Gasteiger partial charge < -0.3 is 14.0 Å². The fraction of sp³-hybridized carbons (Fsp3) is 1.00. The van der Waals surface area contributed by atoms with Gasteiger partial charge in [-0.3, -0.25) is 0 Å². The highest BCUT2D eigenvalue weighted by Crippen LogP contribution is 2.16. The molecule has 0 saturated carbocycles. The van der Waals surface area contributed by atoms with Gasteiger partial charge in [-0.15, -0.1) is 0 Å². The average Bonchev–Trinajstić information content (AvgIpc) is 1.53. The van der Waals surface area contributed by atoms with E-state index in [2.05, 4.69) is 0 Å². The van der Waals surface area contributed by atoms with E-state index in [1.165, 1.54) is 0 Å². The molecule has 1 saturated heterocycles. The van der Waals surface area contributed by atoms with Crippen molar-refractivity contribution in [3.63, 3.8) is 0 Å². The molecule has 1 rings (SSSR count). The van der Waals surface area contributed by atoms with E-state index in [9.17, 15) is 4.80 Å². The summed E-state index contributed by atoms with van der Waals surface area (Å²) >= 11 is 0. The largest absolute Gasteiger partial charge is 0.411 e. The Hall–Kier alpha value is 0.0969. The van der Waals surface area contributed by atoms with Crippen molar-refractivity contribution in [2.75, 3.05) is 6.61 Å². The summed E-state index contributed by atoms with van der Waals surface area (Å²) in [6, 6.07) is 0. The van der Waals surface area contributed by atoms with Crippen molar-refractivity contribution in [1.82, 2.24) is 0 Å². The van der Waals surface area contributed by atoms with Crippen LogP contribution >= 0.6 is 0 Å². The first-order chi connectivity index (χ1) is 4.08. The molecule has 3 nitrogen and oxygen atoms in total. The summed E-state index contributed by atoms with van der Waals surface area (Å²) in [6.07, 6.45) is 0.813. The highest BCUT2D eigenvalue weighted by atomic mass is 28.4. The zero-order valence-electron chi connectivity index (χ0n) is 5.76. The maximum atomic E-state index is 9.19. The first-order valence-electron chi connectivity index (χ1n) is 3.10. The predicted octanol–water partition coefficient (Wildman–Crippen LogP) is 0.443. The minimum atomic E-state index is -2.32. The third-order valence-electron chi connectivity index (χ3n) is 1.08. The zero-order chi connectivity index (χ0) is 6.91. The van der Waals surface area contributed by atoms with Crippen LogP contribution in [0.5, 0.6) is 0 Å². The van der Waals surface area contributed by atoms with Crippen LogP contribution in [0.4, 0.5) is 0 Å². The van der Waals surface area contributed by atoms with Crippen LogP contribution < -0.4 is 0 Å². The SMILES string of the molecule is C[Si](C)(O)OC1CCO1. The molecule has 0 aliphatic carbocycles. The second kappa shape index (κ2) is 2.38. The number of hydrogen-bond donors (Lipinski definition) is 1. The molecule has 0 bridgehead atoms. The second-order valence-corrected chi connectivity index (χ2v) is 5.78. The van der Waals surface area contributed by atoms with Gasteiger partial charge in [0, 0.05) is 6.42 Å². The Morgan fingerprint density at radius 1 is 1.67 bits per heavy atom. The van der Waals surface area contributed by atoms with Gasteiger partial charge in [0.1, 0.15) is 0 Å². The number of rotatable bonds is 2. The molecule has 0 aromatic carbocycles. The van der Waals surface area contributed by atoms with Crippen LogP contribution in [0.25, 0.3) is 0 Å². The van der Waals surface area contributed by atoms with Gasteiger partial charge in [-0.1, -0.05) is 0 Å². The van der Waals surface area contributed by atoms with Crippen molar-refractivity contribution in [3.8, 4) is 0 Å². The van der Waals surface area contributed by atoms with E-state index < -0.39 is 8.56 Å². The van der Waals surface area contributed by atoms with Gasteiger partial charge in [0.15, 0.2) is 6.29 Å². The molecule has 0 aromatic rings. The molecule has 4 heteroatoms. The minimum absolute atomic E-state index is 0.114. The Kier molecular flexibility index (Phi) is 1.90. The molecule has 0 aromatic heterocycles. The molecule has 0 spiro atoms. The lowest BCUT2D eigenvalue weighted by Gasteiger charge is -2.30. The van der Waals surface area contributed by atoms with Crippen molar-refractivity contribution in [2.24, 2.45) is 0 Å². The second-order valence-electron chi connectivity index (χ2n) is 2.65. The van der Waals surface area contributed by atoms with Gasteiger partial charge >= 0.3 is 8.56 Å². The monoisotopic (exact) mass is 148 g/mol. The molecule has 1 heterocycles. The van der Waals surface area contributed by atoms with E-state index >= 15 is 0 Å². The van der Waals surface area contributed by atoms with Gasteiger partial charge in [0.05, 0.1) is 6.61 Å². The van der Waals surface area contributed by atoms with Crippen LogP contribution in [0.2, 0.25) is 13.1 Å². The Bertz CT molecular complexity index is 94.9. The van der Waals surface area contributed by atoms with E-state index in [4.69, 9.17) is 9.16 Å². The van der Waals surface area contributed by atoms with Gasteiger partial charge in [0.2, 0.25) is 0 Å². The summed E-state index contributed by atoms with van der Waals surface area (Å²) in [5.41, 5.74) is 0. The smallest absolute Gasteiger partial charge is 0.330 e. The van der Waals surface area contributed by atoms with E-state index in [0.717, 1.165) is 13.0 Å². The van der Waals surface area contributed by atoms with Gasteiger partial charge in [-0.2, -0.15) is 0 Å². The molecule has 1 atom stereocenters. The maximum absolute atomic E-state index is 9.19. The maximum Gasteiger partial charge on any atom is 0.330 e. The lowest BCUT2D eigenvalue weighted by atomic mass is 10.4. The van der Waals surface area contributed by atoms with E-state index in [-0.39, 0.29) is 6.29 Å². The van der Waals surface area contributed by atoms with Crippen LogP contribution in [0, 0.1) is 0 Å². The Morgan fingerprint density at radius 3 is 2.33 bits per heavy atom. The minimum Gasteiger partial charge on any atom is -0.411 e. The van der Waals surface area contributed by atoms with Crippen LogP contribution in [0.1, 0.15) is 6.42 Å². The van der Waals surface area contributed by atoms with Gasteiger partial charge in [-0.05, 0) is 13.1 Å². The lowest BCUT2D eigenvalue weighted by Crippen LogP contribution is -2.41. The zero-order valence-corrected chi connectivity index (χ0v) is 6.76. The fourth-order valence-corrected chi connectivity index (χ4v) is 1.46. The summed E-state index contributed by atoms with van der Waals surface area (Å²) in [7, 11) is -2.32. The van der Waals surface area contributed by atoms with E-state index in [1.54, 1.807) is 13.1 Å². The highest BCUT2D eigenvalue weighted by molar-refractivity contribution is 6.63. The molecule has 54 valence electrons. The van der Waals surface area contributed by atoms with Crippen LogP contribution in [-0.2, 0) is 9.16 Å². The summed E-state index contributed by atoms with van der Waals surface area (Å²) in [4.78, 5) is 9.19. The fourth-order valence-electron chi connectivity index (χ4n) is 0.629. The molecular formula is C5H12O3Si. The first-order valence-corrected chi connectivity index (χ1v) is 5.95. The number of ether oxygens (including phenoxy) is 1. The standard InChI is InChI=1S/C5H12O3Si/c1-9(2,6)8-5-3-4-7-5/h5-6H,3-4H2,1-2H3.